The van der Waals surface area contributed by atoms with E-state index in [4.69, 9.17) is 22.9 Å². The van der Waals surface area contributed by atoms with E-state index in [2.05, 4.69) is 12.1 Å². The van der Waals surface area contributed by atoms with Gasteiger partial charge in [-0.15, -0.1) is 0 Å². The molecule has 3 aromatic carbocycles. The van der Waals surface area contributed by atoms with Gasteiger partial charge in [-0.25, -0.2) is 0 Å². The average molecular weight is 318 g/mol. The fourth-order valence-corrected chi connectivity index (χ4v) is 2.90. The Labute approximate surface area is 142 Å². The third-order valence-electron chi connectivity index (χ3n) is 4.21. The summed E-state index contributed by atoms with van der Waals surface area (Å²) in [6.07, 6.45) is 0. The van der Waals surface area contributed by atoms with Gasteiger partial charge in [0.15, 0.2) is 0 Å². The summed E-state index contributed by atoms with van der Waals surface area (Å²) < 4.78 is 0. The van der Waals surface area contributed by atoms with Crippen LogP contribution in [-0.4, -0.2) is 0 Å². The Morgan fingerprint density at radius 2 is 0.917 bits per heavy atom. The van der Waals surface area contributed by atoms with Crippen molar-refractivity contribution in [3.05, 3.63) is 71.8 Å². The lowest BCUT2D eigenvalue weighted by Gasteiger charge is -2.16. The Morgan fingerprint density at radius 1 is 0.542 bits per heavy atom. The summed E-state index contributed by atoms with van der Waals surface area (Å²) >= 11 is 0. The van der Waals surface area contributed by atoms with E-state index in [1.165, 1.54) is 0 Å². The maximum absolute atomic E-state index is 5.97. The molecule has 4 nitrogen and oxygen atoms in total. The molecule has 4 heteroatoms. The van der Waals surface area contributed by atoms with Gasteiger partial charge in [0.2, 0.25) is 0 Å². The van der Waals surface area contributed by atoms with Gasteiger partial charge in [0.1, 0.15) is 0 Å². The first-order chi connectivity index (χ1) is 11.6. The standard InChI is InChI=1S/C20H22N4/c21-11-15-9-16(12-22)20(14-3-7-18(24)8-4-14)10-19(15)13-1-5-17(23)6-2-13/h1-10H,11-12,21-24H2. The highest BCUT2D eigenvalue weighted by Gasteiger charge is 2.12. The first kappa shape index (κ1) is 16.1. The van der Waals surface area contributed by atoms with Crippen molar-refractivity contribution in [1.29, 1.82) is 0 Å². The van der Waals surface area contributed by atoms with Crippen LogP contribution in [0.3, 0.4) is 0 Å². The largest absolute Gasteiger partial charge is 0.399 e. The number of anilines is 2. The number of hydrogen-bond donors (Lipinski definition) is 4. The molecule has 0 aliphatic rings. The van der Waals surface area contributed by atoms with Crippen molar-refractivity contribution in [2.24, 2.45) is 11.5 Å². The van der Waals surface area contributed by atoms with E-state index in [0.29, 0.717) is 13.1 Å². The normalized spacial score (nSPS) is 10.8. The van der Waals surface area contributed by atoms with E-state index in [-0.39, 0.29) is 0 Å². The smallest absolute Gasteiger partial charge is 0.0314 e. The van der Waals surface area contributed by atoms with Crippen molar-refractivity contribution in [3.8, 4) is 22.3 Å². The molecule has 24 heavy (non-hydrogen) atoms. The fourth-order valence-electron chi connectivity index (χ4n) is 2.90. The lowest BCUT2D eigenvalue weighted by Crippen LogP contribution is -2.05. The lowest BCUT2D eigenvalue weighted by atomic mass is 9.90. The lowest BCUT2D eigenvalue weighted by molar-refractivity contribution is 1.03. The number of hydrogen-bond acceptors (Lipinski definition) is 4. The molecule has 3 rings (SSSR count). The van der Waals surface area contributed by atoms with Crippen molar-refractivity contribution in [3.63, 3.8) is 0 Å². The van der Waals surface area contributed by atoms with Crippen LogP contribution < -0.4 is 22.9 Å². The summed E-state index contributed by atoms with van der Waals surface area (Å²) in [5.41, 5.74) is 31.5. The SMILES string of the molecule is NCc1cc(CN)c(-c2ccc(N)cc2)cc1-c1ccc(N)cc1. The molecule has 0 heterocycles. The summed E-state index contributed by atoms with van der Waals surface area (Å²) in [5, 5.41) is 0. The van der Waals surface area contributed by atoms with Crippen molar-refractivity contribution < 1.29 is 0 Å². The highest BCUT2D eigenvalue weighted by atomic mass is 14.6. The van der Waals surface area contributed by atoms with E-state index < -0.39 is 0 Å². The van der Waals surface area contributed by atoms with E-state index in [9.17, 15) is 0 Å². The summed E-state index contributed by atoms with van der Waals surface area (Å²) in [6.45, 7) is 0.906. The molecular weight excluding hydrogens is 296 g/mol. The first-order valence-corrected chi connectivity index (χ1v) is 7.90. The number of benzene rings is 3. The summed E-state index contributed by atoms with van der Waals surface area (Å²) in [4.78, 5) is 0. The number of nitrogen functional groups attached to an aromatic ring is 2. The quantitative estimate of drug-likeness (QED) is 0.555. The highest BCUT2D eigenvalue weighted by Crippen LogP contribution is 2.33. The van der Waals surface area contributed by atoms with Crippen LogP contribution in [0.1, 0.15) is 11.1 Å². The molecule has 8 N–H and O–H groups in total. The summed E-state index contributed by atoms with van der Waals surface area (Å²) in [5.74, 6) is 0. The molecule has 0 atom stereocenters. The van der Waals surface area contributed by atoms with Gasteiger partial charge in [0, 0.05) is 24.5 Å². The van der Waals surface area contributed by atoms with Gasteiger partial charge in [-0.2, -0.15) is 0 Å². The van der Waals surface area contributed by atoms with E-state index in [1.807, 2.05) is 48.5 Å². The average Bonchev–Trinajstić information content (AvgIpc) is 2.62. The molecule has 0 saturated carbocycles. The van der Waals surface area contributed by atoms with E-state index in [0.717, 1.165) is 44.8 Å². The van der Waals surface area contributed by atoms with Crippen LogP contribution in [0.25, 0.3) is 22.3 Å². The number of rotatable bonds is 4. The summed E-state index contributed by atoms with van der Waals surface area (Å²) in [7, 11) is 0. The molecule has 3 aromatic rings. The van der Waals surface area contributed by atoms with Crippen molar-refractivity contribution in [1.82, 2.24) is 0 Å². The van der Waals surface area contributed by atoms with E-state index >= 15 is 0 Å². The molecule has 0 saturated heterocycles. The first-order valence-electron chi connectivity index (χ1n) is 7.90. The van der Waals surface area contributed by atoms with Gasteiger partial charge < -0.3 is 22.9 Å². The van der Waals surface area contributed by atoms with Gasteiger partial charge in [-0.3, -0.25) is 0 Å². The van der Waals surface area contributed by atoms with Crippen LogP contribution in [0, 0.1) is 0 Å². The Kier molecular flexibility index (Phi) is 4.51. The van der Waals surface area contributed by atoms with Gasteiger partial charge in [0.25, 0.3) is 0 Å². The highest BCUT2D eigenvalue weighted by molar-refractivity contribution is 5.79. The third kappa shape index (κ3) is 3.11. The van der Waals surface area contributed by atoms with Crippen molar-refractivity contribution >= 4 is 11.4 Å². The van der Waals surface area contributed by atoms with Crippen LogP contribution in [0.15, 0.2) is 60.7 Å². The Bertz CT molecular complexity index is 768. The molecule has 0 fully saturated rings. The van der Waals surface area contributed by atoms with E-state index in [1.54, 1.807) is 0 Å². The second-order valence-corrected chi connectivity index (χ2v) is 5.82. The Balaban J connectivity index is 2.20. The predicted molar refractivity (Wildman–Crippen MR) is 102 cm³/mol. The maximum Gasteiger partial charge on any atom is 0.0314 e. The fraction of sp³-hybridized carbons (Fsp3) is 0.100. The molecule has 0 amide bonds. The molecule has 0 aromatic heterocycles. The Morgan fingerprint density at radius 3 is 1.25 bits per heavy atom. The van der Waals surface area contributed by atoms with Crippen LogP contribution >= 0.6 is 0 Å². The molecule has 122 valence electrons. The van der Waals surface area contributed by atoms with Gasteiger partial charge >= 0.3 is 0 Å². The Hall–Kier alpha value is -2.82. The molecule has 0 unspecified atom stereocenters. The molecule has 0 spiro atoms. The molecule has 0 aliphatic carbocycles. The topological polar surface area (TPSA) is 104 Å². The van der Waals surface area contributed by atoms with Crippen molar-refractivity contribution in [2.75, 3.05) is 11.5 Å². The van der Waals surface area contributed by atoms with Gasteiger partial charge in [0.05, 0.1) is 0 Å². The zero-order chi connectivity index (χ0) is 17.1. The third-order valence-corrected chi connectivity index (χ3v) is 4.21. The molecule has 0 radical (unpaired) electrons. The monoisotopic (exact) mass is 318 g/mol. The number of nitrogens with two attached hydrogens (primary N) is 4. The van der Waals surface area contributed by atoms with Crippen LogP contribution in [0.4, 0.5) is 11.4 Å². The predicted octanol–water partition coefficient (Wildman–Crippen LogP) is 3.10. The summed E-state index contributed by atoms with van der Waals surface area (Å²) in [6, 6.07) is 19.9. The molecule has 0 bridgehead atoms. The minimum absolute atomic E-state index is 0.453. The minimum Gasteiger partial charge on any atom is -0.399 e. The van der Waals surface area contributed by atoms with Gasteiger partial charge in [-0.1, -0.05) is 30.3 Å². The maximum atomic E-state index is 5.97. The second kappa shape index (κ2) is 6.74. The second-order valence-electron chi connectivity index (χ2n) is 5.82. The van der Waals surface area contributed by atoms with Crippen LogP contribution in [-0.2, 0) is 13.1 Å². The van der Waals surface area contributed by atoms with Crippen molar-refractivity contribution in [2.45, 2.75) is 13.1 Å². The zero-order valence-electron chi connectivity index (χ0n) is 13.5. The minimum atomic E-state index is 0.453. The zero-order valence-corrected chi connectivity index (χ0v) is 13.5. The molecular formula is C20H22N4. The van der Waals surface area contributed by atoms with Gasteiger partial charge in [-0.05, 0) is 63.7 Å². The molecule has 0 aliphatic heterocycles. The van der Waals surface area contributed by atoms with Crippen LogP contribution in [0.2, 0.25) is 0 Å². The van der Waals surface area contributed by atoms with Crippen LogP contribution in [0.5, 0.6) is 0 Å².